The topological polar surface area (TPSA) is 42.0 Å². The molecule has 0 saturated carbocycles. The fourth-order valence-corrected chi connectivity index (χ4v) is 3.15. The monoisotopic (exact) mass is 340 g/mol. The minimum absolute atomic E-state index is 0.0537. The minimum Gasteiger partial charge on any atom is -0.355 e. The molecular formula is C19H17FN2OS. The summed E-state index contributed by atoms with van der Waals surface area (Å²) in [6, 6.07) is 16.2. The van der Waals surface area contributed by atoms with Crippen LogP contribution in [0.3, 0.4) is 0 Å². The molecule has 0 unspecified atom stereocenters. The Balaban J connectivity index is 1.48. The predicted molar refractivity (Wildman–Crippen MR) is 94.4 cm³/mol. The molecule has 122 valence electrons. The molecule has 1 amide bonds. The molecule has 0 atom stereocenters. The number of nitrogens with zero attached hydrogens (tertiary/aromatic N) is 1. The Morgan fingerprint density at radius 2 is 1.83 bits per heavy atom. The fraction of sp³-hybridized carbons (Fsp3) is 0.158. The van der Waals surface area contributed by atoms with E-state index >= 15 is 0 Å². The molecule has 0 aliphatic carbocycles. The number of halogens is 1. The van der Waals surface area contributed by atoms with Crippen LogP contribution in [-0.4, -0.2) is 17.4 Å². The average molecular weight is 340 g/mol. The average Bonchev–Trinajstić information content (AvgIpc) is 3.06. The molecule has 0 aliphatic rings. The number of hydrogen-bond acceptors (Lipinski definition) is 3. The first kappa shape index (κ1) is 16.3. The van der Waals surface area contributed by atoms with E-state index < -0.39 is 0 Å². The number of rotatable bonds is 6. The van der Waals surface area contributed by atoms with Crippen molar-refractivity contribution in [3.05, 3.63) is 77.1 Å². The van der Waals surface area contributed by atoms with E-state index in [1.807, 2.05) is 35.7 Å². The van der Waals surface area contributed by atoms with Crippen molar-refractivity contribution in [2.45, 2.75) is 12.8 Å². The number of nitrogens with one attached hydrogen (secondary N) is 1. The summed E-state index contributed by atoms with van der Waals surface area (Å²) >= 11 is 1.54. The standard InChI is InChI=1S/C19H17FN2OS/c20-16-8-6-14(7-9-16)10-11-21-18(23)12-17-13-24-19(22-17)15-4-2-1-3-5-15/h1-9,13H,10-12H2,(H,21,23). The Kier molecular flexibility index (Phi) is 5.33. The second-order valence-electron chi connectivity index (χ2n) is 5.41. The second kappa shape index (κ2) is 7.84. The smallest absolute Gasteiger partial charge is 0.226 e. The van der Waals surface area contributed by atoms with Crippen LogP contribution < -0.4 is 5.32 Å². The van der Waals surface area contributed by atoms with Crippen LogP contribution in [0.4, 0.5) is 4.39 Å². The lowest BCUT2D eigenvalue weighted by Crippen LogP contribution is -2.27. The Bertz CT molecular complexity index is 800. The van der Waals surface area contributed by atoms with Gasteiger partial charge in [0.15, 0.2) is 0 Å². The SMILES string of the molecule is O=C(Cc1csc(-c2ccccc2)n1)NCCc1ccc(F)cc1. The van der Waals surface area contributed by atoms with Crippen LogP contribution in [0.1, 0.15) is 11.3 Å². The van der Waals surface area contributed by atoms with Gasteiger partial charge >= 0.3 is 0 Å². The summed E-state index contributed by atoms with van der Waals surface area (Å²) in [4.78, 5) is 16.5. The van der Waals surface area contributed by atoms with Gasteiger partial charge in [-0.1, -0.05) is 42.5 Å². The summed E-state index contributed by atoms with van der Waals surface area (Å²) in [5.74, 6) is -0.303. The summed E-state index contributed by atoms with van der Waals surface area (Å²) in [5.41, 5.74) is 2.83. The zero-order valence-electron chi connectivity index (χ0n) is 13.0. The summed E-state index contributed by atoms with van der Waals surface area (Å²) < 4.78 is 12.8. The minimum atomic E-state index is -0.250. The van der Waals surface area contributed by atoms with Crippen LogP contribution in [0.2, 0.25) is 0 Å². The molecule has 0 fully saturated rings. The van der Waals surface area contributed by atoms with Gasteiger partial charge < -0.3 is 5.32 Å². The predicted octanol–water partition coefficient (Wildman–Crippen LogP) is 3.85. The third kappa shape index (κ3) is 4.49. The molecule has 3 aromatic rings. The third-order valence-corrected chi connectivity index (χ3v) is 4.50. The first-order valence-corrected chi connectivity index (χ1v) is 8.59. The van der Waals surface area contributed by atoms with Crippen LogP contribution in [0, 0.1) is 5.82 Å². The number of thiazole rings is 1. The Morgan fingerprint density at radius 1 is 1.08 bits per heavy atom. The first-order chi connectivity index (χ1) is 11.7. The highest BCUT2D eigenvalue weighted by atomic mass is 32.1. The largest absolute Gasteiger partial charge is 0.355 e. The molecule has 0 saturated heterocycles. The zero-order valence-corrected chi connectivity index (χ0v) is 13.9. The summed E-state index contributed by atoms with van der Waals surface area (Å²) in [6.45, 7) is 0.528. The Morgan fingerprint density at radius 3 is 2.58 bits per heavy atom. The quantitative estimate of drug-likeness (QED) is 0.740. The summed E-state index contributed by atoms with van der Waals surface area (Å²) in [7, 11) is 0. The maximum absolute atomic E-state index is 12.8. The van der Waals surface area contributed by atoms with Crippen molar-refractivity contribution in [1.29, 1.82) is 0 Å². The van der Waals surface area contributed by atoms with E-state index in [9.17, 15) is 9.18 Å². The third-order valence-electron chi connectivity index (χ3n) is 3.56. The van der Waals surface area contributed by atoms with E-state index in [2.05, 4.69) is 10.3 Å². The lowest BCUT2D eigenvalue weighted by atomic mass is 10.1. The van der Waals surface area contributed by atoms with Crippen LogP contribution in [-0.2, 0) is 17.6 Å². The first-order valence-electron chi connectivity index (χ1n) is 7.72. The van der Waals surface area contributed by atoms with Crippen LogP contribution in [0.25, 0.3) is 10.6 Å². The molecule has 2 aromatic carbocycles. The number of carbonyl (C=O) groups is 1. The molecule has 5 heteroatoms. The number of amides is 1. The number of benzene rings is 2. The van der Waals surface area contributed by atoms with E-state index in [4.69, 9.17) is 0 Å². The van der Waals surface area contributed by atoms with Gasteiger partial charge in [0.2, 0.25) is 5.91 Å². The van der Waals surface area contributed by atoms with E-state index in [-0.39, 0.29) is 18.1 Å². The summed E-state index contributed by atoms with van der Waals surface area (Å²) in [6.07, 6.45) is 0.950. The van der Waals surface area contributed by atoms with Crippen molar-refractivity contribution in [3.63, 3.8) is 0 Å². The van der Waals surface area contributed by atoms with Crippen molar-refractivity contribution in [1.82, 2.24) is 10.3 Å². The van der Waals surface area contributed by atoms with E-state index in [0.717, 1.165) is 21.8 Å². The highest BCUT2D eigenvalue weighted by Crippen LogP contribution is 2.23. The molecule has 0 aliphatic heterocycles. The fourth-order valence-electron chi connectivity index (χ4n) is 2.33. The van der Waals surface area contributed by atoms with Gasteiger partial charge in [0.05, 0.1) is 12.1 Å². The van der Waals surface area contributed by atoms with Crippen molar-refractivity contribution >= 4 is 17.2 Å². The number of hydrogen-bond donors (Lipinski definition) is 1. The summed E-state index contributed by atoms with van der Waals surface area (Å²) in [5, 5.41) is 5.71. The van der Waals surface area contributed by atoms with Crippen molar-refractivity contribution < 1.29 is 9.18 Å². The van der Waals surface area contributed by atoms with Crippen LogP contribution in [0.15, 0.2) is 60.0 Å². The molecule has 1 aromatic heterocycles. The van der Waals surface area contributed by atoms with Gasteiger partial charge in [0.1, 0.15) is 10.8 Å². The number of aromatic nitrogens is 1. The molecule has 0 radical (unpaired) electrons. The molecule has 24 heavy (non-hydrogen) atoms. The van der Waals surface area contributed by atoms with Crippen LogP contribution in [0.5, 0.6) is 0 Å². The lowest BCUT2D eigenvalue weighted by molar-refractivity contribution is -0.120. The van der Waals surface area contributed by atoms with Gasteiger partial charge in [-0.15, -0.1) is 11.3 Å². The van der Waals surface area contributed by atoms with Gasteiger partial charge in [-0.3, -0.25) is 4.79 Å². The molecule has 3 rings (SSSR count). The van der Waals surface area contributed by atoms with Gasteiger partial charge in [0.25, 0.3) is 0 Å². The van der Waals surface area contributed by atoms with Gasteiger partial charge in [0, 0.05) is 17.5 Å². The number of carbonyl (C=O) groups excluding carboxylic acids is 1. The Labute approximate surface area is 144 Å². The molecule has 1 N–H and O–H groups in total. The Hall–Kier alpha value is -2.53. The van der Waals surface area contributed by atoms with Crippen molar-refractivity contribution in [2.75, 3.05) is 6.54 Å². The van der Waals surface area contributed by atoms with E-state index in [0.29, 0.717) is 13.0 Å². The molecule has 3 nitrogen and oxygen atoms in total. The van der Waals surface area contributed by atoms with Gasteiger partial charge in [-0.2, -0.15) is 0 Å². The molecule has 1 heterocycles. The van der Waals surface area contributed by atoms with Crippen molar-refractivity contribution in [3.8, 4) is 10.6 Å². The van der Waals surface area contributed by atoms with Gasteiger partial charge in [-0.25, -0.2) is 9.37 Å². The molecule has 0 spiro atoms. The second-order valence-corrected chi connectivity index (χ2v) is 6.27. The maximum Gasteiger partial charge on any atom is 0.226 e. The van der Waals surface area contributed by atoms with Crippen molar-refractivity contribution in [2.24, 2.45) is 0 Å². The molecular weight excluding hydrogens is 323 g/mol. The van der Waals surface area contributed by atoms with Crippen LogP contribution >= 0.6 is 11.3 Å². The van der Waals surface area contributed by atoms with E-state index in [1.54, 1.807) is 23.5 Å². The normalized spacial score (nSPS) is 10.5. The zero-order chi connectivity index (χ0) is 16.8. The van der Waals surface area contributed by atoms with E-state index in [1.165, 1.54) is 12.1 Å². The highest BCUT2D eigenvalue weighted by Gasteiger charge is 2.08. The molecule has 0 bridgehead atoms. The lowest BCUT2D eigenvalue weighted by Gasteiger charge is -2.04. The van der Waals surface area contributed by atoms with Gasteiger partial charge in [-0.05, 0) is 24.1 Å². The maximum atomic E-state index is 12.8. The highest BCUT2D eigenvalue weighted by molar-refractivity contribution is 7.13.